The van der Waals surface area contributed by atoms with Crippen LogP contribution in [0.5, 0.6) is 17.2 Å². The first kappa shape index (κ1) is 28.2. The van der Waals surface area contributed by atoms with Gasteiger partial charge in [-0.05, 0) is 64.0 Å². The summed E-state index contributed by atoms with van der Waals surface area (Å²) in [7, 11) is 1.59. The molecule has 1 aliphatic rings. The van der Waals surface area contributed by atoms with E-state index in [2.05, 4.69) is 4.99 Å². The Hall–Kier alpha value is -3.85. The molecule has 1 atom stereocenters. The fourth-order valence-corrected chi connectivity index (χ4v) is 5.46. The Morgan fingerprint density at radius 2 is 1.90 bits per heavy atom. The number of esters is 1. The molecule has 8 nitrogen and oxygen atoms in total. The molecule has 2 aromatic carbocycles. The van der Waals surface area contributed by atoms with Gasteiger partial charge in [-0.1, -0.05) is 42.5 Å². The highest BCUT2D eigenvalue weighted by molar-refractivity contribution is 7.07. The van der Waals surface area contributed by atoms with Gasteiger partial charge in [0, 0.05) is 5.56 Å². The molecule has 4 rings (SSSR count). The number of para-hydroxylation sites is 1. The number of methoxy groups -OCH3 is 1. The van der Waals surface area contributed by atoms with Gasteiger partial charge in [0.25, 0.3) is 5.56 Å². The summed E-state index contributed by atoms with van der Waals surface area (Å²) in [6.07, 6.45) is 2.58. The minimum absolute atomic E-state index is 0.0997. The van der Waals surface area contributed by atoms with Crippen LogP contribution < -0.4 is 29.1 Å². The van der Waals surface area contributed by atoms with E-state index in [1.165, 1.54) is 11.3 Å². The molecular formula is C30H34N2O6S. The van der Waals surface area contributed by atoms with Crippen molar-refractivity contribution in [1.29, 1.82) is 0 Å². The lowest BCUT2D eigenvalue weighted by atomic mass is 9.95. The zero-order valence-corrected chi connectivity index (χ0v) is 24.0. The fraction of sp³-hybridized carbons (Fsp3) is 0.367. The number of ether oxygens (including phenoxy) is 4. The molecule has 2 heterocycles. The van der Waals surface area contributed by atoms with Gasteiger partial charge in [-0.15, -0.1) is 0 Å². The van der Waals surface area contributed by atoms with Crippen LogP contribution in [-0.4, -0.2) is 37.0 Å². The van der Waals surface area contributed by atoms with Crippen LogP contribution in [-0.2, 0) is 9.53 Å². The molecule has 0 spiro atoms. The molecule has 9 heteroatoms. The van der Waals surface area contributed by atoms with Crippen LogP contribution in [0.3, 0.4) is 0 Å². The van der Waals surface area contributed by atoms with E-state index in [0.717, 1.165) is 12.0 Å². The predicted molar refractivity (Wildman–Crippen MR) is 151 cm³/mol. The molecular weight excluding hydrogens is 516 g/mol. The lowest BCUT2D eigenvalue weighted by Gasteiger charge is -2.26. The number of rotatable bonds is 10. The maximum atomic E-state index is 13.9. The van der Waals surface area contributed by atoms with Gasteiger partial charge in [0.05, 0.1) is 42.2 Å². The van der Waals surface area contributed by atoms with Crippen molar-refractivity contribution >= 4 is 23.4 Å². The molecule has 0 fully saturated rings. The lowest BCUT2D eigenvalue weighted by molar-refractivity contribution is -0.139. The summed E-state index contributed by atoms with van der Waals surface area (Å²) in [6, 6.07) is 12.2. The molecule has 0 radical (unpaired) electrons. The molecule has 0 amide bonds. The van der Waals surface area contributed by atoms with E-state index in [1.54, 1.807) is 31.6 Å². The first-order valence-electron chi connectivity index (χ1n) is 13.0. The number of carbonyl (C=O) groups excluding carboxylic acids is 1. The van der Waals surface area contributed by atoms with Crippen molar-refractivity contribution < 1.29 is 23.7 Å². The van der Waals surface area contributed by atoms with Crippen LogP contribution in [0.2, 0.25) is 0 Å². The molecule has 0 saturated heterocycles. The largest absolute Gasteiger partial charge is 0.493 e. The predicted octanol–water partition coefficient (Wildman–Crippen LogP) is 4.38. The average molecular weight is 551 g/mol. The van der Waals surface area contributed by atoms with Crippen LogP contribution in [0, 0.1) is 0 Å². The zero-order valence-electron chi connectivity index (χ0n) is 23.1. The first-order valence-corrected chi connectivity index (χ1v) is 13.9. The summed E-state index contributed by atoms with van der Waals surface area (Å²) in [5.41, 5.74) is 2.03. The zero-order chi connectivity index (χ0) is 28.1. The minimum atomic E-state index is -0.753. The maximum absolute atomic E-state index is 13.9. The Morgan fingerprint density at radius 3 is 2.59 bits per heavy atom. The Balaban J connectivity index is 1.91. The van der Waals surface area contributed by atoms with E-state index in [9.17, 15) is 9.59 Å². The third kappa shape index (κ3) is 5.93. The smallest absolute Gasteiger partial charge is 0.338 e. The molecule has 0 aliphatic carbocycles. The van der Waals surface area contributed by atoms with Crippen LogP contribution in [0.25, 0.3) is 6.08 Å². The Bertz CT molecular complexity index is 1570. The van der Waals surface area contributed by atoms with E-state index in [0.29, 0.717) is 50.0 Å². The Kier molecular flexibility index (Phi) is 8.91. The highest BCUT2D eigenvalue weighted by atomic mass is 32.1. The number of hydrogen-bond donors (Lipinski definition) is 0. The van der Waals surface area contributed by atoms with Crippen molar-refractivity contribution in [1.82, 2.24) is 4.57 Å². The average Bonchev–Trinajstić information content (AvgIpc) is 3.21. The number of thiazole rings is 1. The quantitative estimate of drug-likeness (QED) is 0.348. The minimum Gasteiger partial charge on any atom is -0.493 e. The molecule has 1 aliphatic heterocycles. The Labute approximate surface area is 231 Å². The van der Waals surface area contributed by atoms with E-state index in [1.807, 2.05) is 63.2 Å². The monoisotopic (exact) mass is 550 g/mol. The van der Waals surface area contributed by atoms with Crippen molar-refractivity contribution in [2.45, 2.75) is 53.2 Å². The second kappa shape index (κ2) is 12.3. The van der Waals surface area contributed by atoms with Gasteiger partial charge in [0.15, 0.2) is 16.3 Å². The standard InChI is InChI=1S/C30H34N2O6S/c1-7-15-37-23-14-13-20(16-24(23)35-6)17-25-28(33)32-27(21-11-9-10-12-22(21)38-18(3)4)26(29(34)36-8-2)19(5)31-30(32)39-25/h9-14,16-18,27H,7-8,15H2,1-6H3/b25-17+/t27-/m0/s1. The number of carbonyl (C=O) groups is 1. The van der Waals surface area contributed by atoms with Gasteiger partial charge < -0.3 is 18.9 Å². The van der Waals surface area contributed by atoms with E-state index in [-0.39, 0.29) is 18.3 Å². The van der Waals surface area contributed by atoms with Gasteiger partial charge >= 0.3 is 5.97 Å². The van der Waals surface area contributed by atoms with Crippen LogP contribution in [0.1, 0.15) is 58.2 Å². The maximum Gasteiger partial charge on any atom is 0.338 e. The summed E-state index contributed by atoms with van der Waals surface area (Å²) in [6.45, 7) is 10.2. The number of benzene rings is 2. The second-order valence-electron chi connectivity index (χ2n) is 9.27. The Morgan fingerprint density at radius 1 is 1.13 bits per heavy atom. The van der Waals surface area contributed by atoms with Gasteiger partial charge in [0.2, 0.25) is 0 Å². The summed E-state index contributed by atoms with van der Waals surface area (Å²) < 4.78 is 24.8. The van der Waals surface area contributed by atoms with Crippen LogP contribution >= 0.6 is 11.3 Å². The first-order chi connectivity index (χ1) is 18.8. The van der Waals surface area contributed by atoms with E-state index >= 15 is 0 Å². The third-order valence-electron chi connectivity index (χ3n) is 6.04. The molecule has 0 saturated carbocycles. The molecule has 0 unspecified atom stereocenters. The molecule has 3 aromatic rings. The van der Waals surface area contributed by atoms with Gasteiger partial charge in [-0.2, -0.15) is 0 Å². The number of allylic oxidation sites excluding steroid dienone is 1. The van der Waals surface area contributed by atoms with Crippen molar-refractivity contribution in [3.63, 3.8) is 0 Å². The highest BCUT2D eigenvalue weighted by Gasteiger charge is 2.35. The fourth-order valence-electron chi connectivity index (χ4n) is 4.41. The van der Waals surface area contributed by atoms with Gasteiger partial charge in [0.1, 0.15) is 11.8 Å². The number of fused-ring (bicyclic) bond motifs is 1. The number of nitrogens with zero attached hydrogens (tertiary/aromatic N) is 2. The summed E-state index contributed by atoms with van der Waals surface area (Å²) in [5.74, 6) is 1.32. The summed E-state index contributed by atoms with van der Waals surface area (Å²) in [4.78, 5) is 32.3. The third-order valence-corrected chi connectivity index (χ3v) is 7.02. The highest BCUT2D eigenvalue weighted by Crippen LogP contribution is 2.36. The van der Waals surface area contributed by atoms with Crippen molar-refractivity contribution in [2.24, 2.45) is 4.99 Å². The van der Waals surface area contributed by atoms with Crippen molar-refractivity contribution in [3.8, 4) is 17.2 Å². The molecule has 0 N–H and O–H groups in total. The van der Waals surface area contributed by atoms with E-state index in [4.69, 9.17) is 18.9 Å². The van der Waals surface area contributed by atoms with Gasteiger partial charge in [-0.3, -0.25) is 9.36 Å². The van der Waals surface area contributed by atoms with Crippen LogP contribution in [0.15, 0.2) is 63.5 Å². The number of aromatic nitrogens is 1. The van der Waals surface area contributed by atoms with Crippen molar-refractivity contribution in [3.05, 3.63) is 84.5 Å². The summed E-state index contributed by atoms with van der Waals surface area (Å²) >= 11 is 1.27. The molecule has 39 heavy (non-hydrogen) atoms. The van der Waals surface area contributed by atoms with Gasteiger partial charge in [-0.25, -0.2) is 9.79 Å². The SMILES string of the molecule is CCCOc1ccc(/C=c2/sc3n(c2=O)[C@@H](c2ccccc2OC(C)C)C(C(=O)OCC)=C(C)N=3)cc1OC. The topological polar surface area (TPSA) is 88.4 Å². The van der Waals surface area contributed by atoms with Crippen molar-refractivity contribution in [2.75, 3.05) is 20.3 Å². The molecule has 0 bridgehead atoms. The number of hydrogen-bond acceptors (Lipinski definition) is 8. The summed E-state index contributed by atoms with van der Waals surface area (Å²) in [5, 5.41) is 0. The molecule has 206 valence electrons. The van der Waals surface area contributed by atoms with Crippen LogP contribution in [0.4, 0.5) is 0 Å². The lowest BCUT2D eigenvalue weighted by Crippen LogP contribution is -2.40. The molecule has 1 aromatic heterocycles. The second-order valence-corrected chi connectivity index (χ2v) is 10.3. The van der Waals surface area contributed by atoms with E-state index < -0.39 is 12.0 Å². The normalized spacial score (nSPS) is 15.2.